The molecule has 14 heavy (non-hydrogen) atoms. The molecule has 0 unspecified atom stereocenters. The Labute approximate surface area is 92.4 Å². The average molecular weight is 233 g/mol. The molecule has 0 fully saturated rings. The number of hydrogen-bond acceptors (Lipinski definition) is 3. The van der Waals surface area contributed by atoms with Crippen LogP contribution in [0.4, 0.5) is 0 Å². The first kappa shape index (κ1) is 11.3. The molecule has 0 aliphatic carbocycles. The van der Waals surface area contributed by atoms with E-state index in [1.165, 1.54) is 6.21 Å². The summed E-state index contributed by atoms with van der Waals surface area (Å²) >= 11 is 11.8. The van der Waals surface area contributed by atoms with Gasteiger partial charge in [0.1, 0.15) is 6.61 Å². The molecule has 1 aromatic rings. The summed E-state index contributed by atoms with van der Waals surface area (Å²) in [5.41, 5.74) is 5.91. The third kappa shape index (κ3) is 3.18. The van der Waals surface area contributed by atoms with E-state index in [1.807, 2.05) is 0 Å². The molecule has 0 heterocycles. The SMILES string of the molecule is NCC=NOCc1c(Cl)cccc1Cl. The molecule has 5 heteroatoms. The van der Waals surface area contributed by atoms with E-state index in [9.17, 15) is 0 Å². The summed E-state index contributed by atoms with van der Waals surface area (Å²) in [5.74, 6) is 0. The number of oxime groups is 1. The summed E-state index contributed by atoms with van der Waals surface area (Å²) in [4.78, 5) is 4.94. The standard InChI is InChI=1S/C9H10Cl2N2O/c10-8-2-1-3-9(11)7(8)6-14-13-5-4-12/h1-3,5H,4,6,12H2. The third-order valence-electron chi connectivity index (χ3n) is 1.53. The lowest BCUT2D eigenvalue weighted by molar-refractivity contribution is 0.132. The molecule has 2 N–H and O–H groups in total. The normalized spacial score (nSPS) is 10.8. The number of hydrogen-bond donors (Lipinski definition) is 1. The van der Waals surface area contributed by atoms with Crippen LogP contribution in [-0.2, 0) is 11.4 Å². The van der Waals surface area contributed by atoms with Crippen molar-refractivity contribution in [1.29, 1.82) is 0 Å². The molecule has 0 aromatic heterocycles. The minimum absolute atomic E-state index is 0.245. The second kappa shape index (κ2) is 5.86. The molecule has 0 amide bonds. The number of nitrogens with two attached hydrogens (primary N) is 1. The van der Waals surface area contributed by atoms with Crippen LogP contribution in [0.3, 0.4) is 0 Å². The van der Waals surface area contributed by atoms with Crippen molar-refractivity contribution in [3.63, 3.8) is 0 Å². The Hall–Kier alpha value is -0.770. The van der Waals surface area contributed by atoms with Gasteiger partial charge in [0, 0.05) is 22.2 Å². The summed E-state index contributed by atoms with van der Waals surface area (Å²) in [6.07, 6.45) is 1.46. The number of benzene rings is 1. The Morgan fingerprint density at radius 3 is 2.57 bits per heavy atom. The average Bonchev–Trinajstić information content (AvgIpc) is 2.16. The van der Waals surface area contributed by atoms with Gasteiger partial charge >= 0.3 is 0 Å². The highest BCUT2D eigenvalue weighted by Gasteiger charge is 2.04. The topological polar surface area (TPSA) is 47.6 Å². The van der Waals surface area contributed by atoms with Gasteiger partial charge in [-0.2, -0.15) is 0 Å². The van der Waals surface area contributed by atoms with Crippen LogP contribution in [0.1, 0.15) is 5.56 Å². The van der Waals surface area contributed by atoms with Crippen LogP contribution in [0.5, 0.6) is 0 Å². The van der Waals surface area contributed by atoms with Crippen molar-refractivity contribution in [2.75, 3.05) is 6.54 Å². The maximum absolute atomic E-state index is 5.90. The van der Waals surface area contributed by atoms with E-state index in [0.717, 1.165) is 5.56 Å². The van der Waals surface area contributed by atoms with E-state index in [2.05, 4.69) is 5.16 Å². The van der Waals surface area contributed by atoms with Crippen LogP contribution in [0, 0.1) is 0 Å². The Balaban J connectivity index is 2.62. The molecule has 1 aromatic carbocycles. The van der Waals surface area contributed by atoms with Gasteiger partial charge < -0.3 is 10.6 Å². The van der Waals surface area contributed by atoms with E-state index < -0.39 is 0 Å². The molecule has 0 saturated heterocycles. The molecule has 76 valence electrons. The molecule has 1 rings (SSSR count). The third-order valence-corrected chi connectivity index (χ3v) is 2.23. The largest absolute Gasteiger partial charge is 0.391 e. The first-order valence-corrected chi connectivity index (χ1v) is 4.78. The Kier molecular flexibility index (Phi) is 4.73. The fourth-order valence-corrected chi connectivity index (χ4v) is 1.37. The molecule has 0 atom stereocenters. The van der Waals surface area contributed by atoms with Crippen molar-refractivity contribution >= 4 is 29.4 Å². The van der Waals surface area contributed by atoms with Gasteiger partial charge in [0.25, 0.3) is 0 Å². The lowest BCUT2D eigenvalue weighted by atomic mass is 10.2. The number of nitrogens with zero attached hydrogens (tertiary/aromatic N) is 1. The molecule has 3 nitrogen and oxygen atoms in total. The van der Waals surface area contributed by atoms with E-state index in [4.69, 9.17) is 33.8 Å². The first-order chi connectivity index (χ1) is 6.75. The molecule has 0 radical (unpaired) electrons. The molecular formula is C9H10Cl2N2O. The van der Waals surface area contributed by atoms with Crippen LogP contribution >= 0.6 is 23.2 Å². The summed E-state index contributed by atoms with van der Waals surface area (Å²) in [6.45, 7) is 0.589. The zero-order chi connectivity index (χ0) is 10.4. The van der Waals surface area contributed by atoms with E-state index in [0.29, 0.717) is 16.6 Å². The van der Waals surface area contributed by atoms with Crippen molar-refractivity contribution in [2.45, 2.75) is 6.61 Å². The second-order valence-electron chi connectivity index (χ2n) is 2.50. The highest BCUT2D eigenvalue weighted by atomic mass is 35.5. The number of halogens is 2. The summed E-state index contributed by atoms with van der Waals surface area (Å²) < 4.78 is 0. The zero-order valence-electron chi connectivity index (χ0n) is 7.41. The minimum Gasteiger partial charge on any atom is -0.391 e. The van der Waals surface area contributed by atoms with Crippen molar-refractivity contribution in [2.24, 2.45) is 10.9 Å². The summed E-state index contributed by atoms with van der Waals surface area (Å²) in [7, 11) is 0. The Morgan fingerprint density at radius 2 is 2.00 bits per heavy atom. The van der Waals surface area contributed by atoms with Crippen molar-refractivity contribution in [1.82, 2.24) is 0 Å². The van der Waals surface area contributed by atoms with Crippen LogP contribution in [0.15, 0.2) is 23.4 Å². The van der Waals surface area contributed by atoms with Gasteiger partial charge in [0.05, 0.1) is 6.21 Å². The van der Waals surface area contributed by atoms with Crippen LogP contribution in [-0.4, -0.2) is 12.8 Å². The molecule has 0 aliphatic rings. The summed E-state index contributed by atoms with van der Waals surface area (Å²) in [6, 6.07) is 5.27. The van der Waals surface area contributed by atoms with Gasteiger partial charge in [0.15, 0.2) is 0 Å². The molecule has 0 spiro atoms. The fraction of sp³-hybridized carbons (Fsp3) is 0.222. The van der Waals surface area contributed by atoms with Gasteiger partial charge in [-0.15, -0.1) is 0 Å². The first-order valence-electron chi connectivity index (χ1n) is 4.02. The fourth-order valence-electron chi connectivity index (χ4n) is 0.868. The van der Waals surface area contributed by atoms with E-state index in [-0.39, 0.29) is 6.61 Å². The van der Waals surface area contributed by atoms with Crippen molar-refractivity contribution < 1.29 is 4.84 Å². The predicted molar refractivity (Wildman–Crippen MR) is 58.8 cm³/mol. The van der Waals surface area contributed by atoms with E-state index >= 15 is 0 Å². The molecule has 0 bridgehead atoms. The van der Waals surface area contributed by atoms with Gasteiger partial charge in [-0.3, -0.25) is 0 Å². The van der Waals surface area contributed by atoms with Crippen LogP contribution < -0.4 is 5.73 Å². The predicted octanol–water partition coefficient (Wildman–Crippen LogP) is 2.45. The van der Waals surface area contributed by atoms with Gasteiger partial charge in [-0.05, 0) is 12.1 Å². The zero-order valence-corrected chi connectivity index (χ0v) is 8.92. The van der Waals surface area contributed by atoms with Crippen LogP contribution in [0.25, 0.3) is 0 Å². The van der Waals surface area contributed by atoms with Gasteiger partial charge in [-0.1, -0.05) is 34.4 Å². The Bertz CT molecular complexity index is 308. The van der Waals surface area contributed by atoms with Crippen molar-refractivity contribution in [3.8, 4) is 0 Å². The lowest BCUT2D eigenvalue weighted by Gasteiger charge is -2.04. The molecule has 0 aliphatic heterocycles. The highest BCUT2D eigenvalue weighted by molar-refractivity contribution is 6.35. The summed E-state index contributed by atoms with van der Waals surface area (Å²) in [5, 5.41) is 4.74. The molecule has 0 saturated carbocycles. The van der Waals surface area contributed by atoms with Gasteiger partial charge in [-0.25, -0.2) is 0 Å². The highest BCUT2D eigenvalue weighted by Crippen LogP contribution is 2.24. The lowest BCUT2D eigenvalue weighted by Crippen LogP contribution is -1.99. The maximum Gasteiger partial charge on any atom is 0.145 e. The quantitative estimate of drug-likeness (QED) is 0.641. The Morgan fingerprint density at radius 1 is 1.36 bits per heavy atom. The van der Waals surface area contributed by atoms with Crippen LogP contribution in [0.2, 0.25) is 10.0 Å². The minimum atomic E-state index is 0.245. The number of rotatable bonds is 4. The smallest absolute Gasteiger partial charge is 0.145 e. The van der Waals surface area contributed by atoms with Crippen molar-refractivity contribution in [3.05, 3.63) is 33.8 Å². The van der Waals surface area contributed by atoms with E-state index in [1.54, 1.807) is 18.2 Å². The molecular weight excluding hydrogens is 223 g/mol. The second-order valence-corrected chi connectivity index (χ2v) is 3.31. The van der Waals surface area contributed by atoms with Gasteiger partial charge in [0.2, 0.25) is 0 Å². The maximum atomic E-state index is 5.90. The monoisotopic (exact) mass is 232 g/mol.